The van der Waals surface area contributed by atoms with Crippen molar-refractivity contribution in [1.29, 1.82) is 5.26 Å². The second kappa shape index (κ2) is 13.9. The molecular formula is C28H33BN4O6. The molecular weight excluding hydrogens is 499 g/mol. The molecule has 2 aliphatic heterocycles. The molecule has 3 N–H and O–H groups in total. The summed E-state index contributed by atoms with van der Waals surface area (Å²) < 4.78 is 11.0. The number of carbonyl (C=O) groups excluding carboxylic acids is 2. The Kier molecular flexibility index (Phi) is 10.1. The maximum atomic E-state index is 13.0. The largest absolute Gasteiger partial charge is 0.493 e. The van der Waals surface area contributed by atoms with Crippen LogP contribution in [0.2, 0.25) is 6.32 Å². The molecule has 0 saturated carbocycles. The van der Waals surface area contributed by atoms with Gasteiger partial charge in [0.1, 0.15) is 17.4 Å². The molecule has 2 fully saturated rings. The van der Waals surface area contributed by atoms with E-state index in [-0.39, 0.29) is 36.7 Å². The van der Waals surface area contributed by atoms with E-state index in [0.717, 1.165) is 31.9 Å². The van der Waals surface area contributed by atoms with Gasteiger partial charge in [-0.1, -0.05) is 42.5 Å². The number of hydrogen-bond acceptors (Lipinski definition) is 8. The molecule has 0 unspecified atom stereocenters. The predicted octanol–water partition coefficient (Wildman–Crippen LogP) is 1.24. The van der Waals surface area contributed by atoms with Gasteiger partial charge in [0.25, 0.3) is 5.91 Å². The van der Waals surface area contributed by atoms with Crippen LogP contribution < -0.4 is 10.1 Å². The first-order chi connectivity index (χ1) is 18.9. The number of amides is 2. The number of carbonyl (C=O) groups is 2. The highest BCUT2D eigenvalue weighted by Crippen LogP contribution is 2.20. The second-order valence-corrected chi connectivity index (χ2v) is 9.61. The summed E-state index contributed by atoms with van der Waals surface area (Å²) >= 11 is 0. The fourth-order valence-electron chi connectivity index (χ4n) is 4.60. The highest BCUT2D eigenvalue weighted by molar-refractivity contribution is 6.41. The minimum atomic E-state index is -1.56. The first-order valence-corrected chi connectivity index (χ1v) is 13.1. The standard InChI is InChI=1S/C28H33BN4O6/c30-18-23(28(35)33-12-10-32(11-13-33)24-19-38-20-24)15-21-5-4-8-25(16-21)39-14-9-27(34)31-26(17-29(36)37)22-6-2-1-3-7-22/h1-8,15-16,24,26,36-37H,9-14,17,19-20H2,(H,31,34)/t26-/m0/s1. The van der Waals surface area contributed by atoms with E-state index in [2.05, 4.69) is 10.2 Å². The number of nitriles is 1. The van der Waals surface area contributed by atoms with Crippen LogP contribution >= 0.6 is 0 Å². The maximum absolute atomic E-state index is 13.0. The molecule has 0 aliphatic carbocycles. The van der Waals surface area contributed by atoms with Crippen molar-refractivity contribution in [2.24, 2.45) is 0 Å². The van der Waals surface area contributed by atoms with E-state index in [1.54, 1.807) is 35.2 Å². The molecule has 2 aromatic carbocycles. The van der Waals surface area contributed by atoms with E-state index in [9.17, 15) is 24.9 Å². The van der Waals surface area contributed by atoms with Gasteiger partial charge in [-0.3, -0.25) is 14.5 Å². The van der Waals surface area contributed by atoms with Gasteiger partial charge in [0.2, 0.25) is 5.91 Å². The predicted molar refractivity (Wildman–Crippen MR) is 145 cm³/mol. The van der Waals surface area contributed by atoms with Crippen molar-refractivity contribution in [3.8, 4) is 11.8 Å². The molecule has 10 nitrogen and oxygen atoms in total. The first kappa shape index (κ1) is 28.3. The Hall–Kier alpha value is -3.69. The average molecular weight is 532 g/mol. The monoisotopic (exact) mass is 532 g/mol. The van der Waals surface area contributed by atoms with Crippen LogP contribution in [-0.4, -0.2) is 90.8 Å². The molecule has 204 valence electrons. The zero-order valence-corrected chi connectivity index (χ0v) is 21.7. The maximum Gasteiger partial charge on any atom is 0.453 e. The minimum Gasteiger partial charge on any atom is -0.493 e. The molecule has 39 heavy (non-hydrogen) atoms. The lowest BCUT2D eigenvalue weighted by Crippen LogP contribution is -2.57. The van der Waals surface area contributed by atoms with Crippen molar-refractivity contribution >= 4 is 25.0 Å². The molecule has 2 aliphatic rings. The zero-order valence-electron chi connectivity index (χ0n) is 21.7. The van der Waals surface area contributed by atoms with Gasteiger partial charge in [-0.15, -0.1) is 0 Å². The van der Waals surface area contributed by atoms with Gasteiger partial charge in [-0.25, -0.2) is 0 Å². The lowest BCUT2D eigenvalue weighted by atomic mass is 9.79. The molecule has 2 heterocycles. The highest BCUT2D eigenvalue weighted by Gasteiger charge is 2.31. The van der Waals surface area contributed by atoms with Gasteiger partial charge in [-0.05, 0) is 29.3 Å². The van der Waals surface area contributed by atoms with Crippen LogP contribution in [0.15, 0.2) is 60.2 Å². The number of piperazine rings is 1. The number of ether oxygens (including phenoxy) is 2. The number of hydrogen-bond donors (Lipinski definition) is 3. The number of rotatable bonds is 11. The van der Waals surface area contributed by atoms with Crippen LogP contribution in [0, 0.1) is 11.3 Å². The Bertz CT molecular complexity index is 1190. The van der Waals surface area contributed by atoms with Gasteiger partial charge >= 0.3 is 7.12 Å². The quantitative estimate of drug-likeness (QED) is 0.224. The van der Waals surface area contributed by atoms with Crippen molar-refractivity contribution in [3.05, 3.63) is 71.3 Å². The van der Waals surface area contributed by atoms with Gasteiger partial charge in [0, 0.05) is 32.5 Å². The van der Waals surface area contributed by atoms with Crippen LogP contribution in [0.3, 0.4) is 0 Å². The smallest absolute Gasteiger partial charge is 0.453 e. The van der Waals surface area contributed by atoms with Crippen molar-refractivity contribution < 1.29 is 29.1 Å². The van der Waals surface area contributed by atoms with E-state index in [0.29, 0.717) is 30.4 Å². The van der Waals surface area contributed by atoms with Crippen molar-refractivity contribution in [2.45, 2.75) is 24.8 Å². The summed E-state index contributed by atoms with van der Waals surface area (Å²) in [6.45, 7) is 4.25. The second-order valence-electron chi connectivity index (χ2n) is 9.61. The Morgan fingerprint density at radius 3 is 2.51 bits per heavy atom. The van der Waals surface area contributed by atoms with Crippen LogP contribution in [0.5, 0.6) is 5.75 Å². The summed E-state index contributed by atoms with van der Waals surface area (Å²) in [5, 5.41) is 31.3. The number of nitrogens with one attached hydrogen (secondary N) is 1. The molecule has 0 aromatic heterocycles. The molecule has 0 spiro atoms. The fraction of sp³-hybridized carbons (Fsp3) is 0.393. The summed E-state index contributed by atoms with van der Waals surface area (Å²) in [6, 6.07) is 18.0. The van der Waals surface area contributed by atoms with Crippen LogP contribution in [0.25, 0.3) is 6.08 Å². The topological polar surface area (TPSA) is 135 Å². The summed E-state index contributed by atoms with van der Waals surface area (Å²) in [5.74, 6) is -0.0724. The van der Waals surface area contributed by atoms with Gasteiger partial charge in [0.05, 0.1) is 38.3 Å². The van der Waals surface area contributed by atoms with Gasteiger partial charge in [0.15, 0.2) is 0 Å². The molecule has 1 atom stereocenters. The Balaban J connectivity index is 1.28. The molecule has 0 bridgehead atoms. The van der Waals surface area contributed by atoms with E-state index >= 15 is 0 Å². The van der Waals surface area contributed by atoms with E-state index < -0.39 is 13.2 Å². The van der Waals surface area contributed by atoms with E-state index in [4.69, 9.17) is 9.47 Å². The molecule has 0 radical (unpaired) electrons. The zero-order chi connectivity index (χ0) is 27.6. The molecule has 2 aromatic rings. The molecule has 11 heteroatoms. The number of nitrogens with zero attached hydrogens (tertiary/aromatic N) is 3. The fourth-order valence-corrected chi connectivity index (χ4v) is 4.60. The van der Waals surface area contributed by atoms with Crippen LogP contribution in [-0.2, 0) is 14.3 Å². The normalized spacial score (nSPS) is 17.1. The Labute approximate surface area is 228 Å². The first-order valence-electron chi connectivity index (χ1n) is 13.1. The van der Waals surface area contributed by atoms with Gasteiger partial charge < -0.3 is 29.7 Å². The Morgan fingerprint density at radius 2 is 1.87 bits per heavy atom. The molecule has 4 rings (SSSR count). The minimum absolute atomic E-state index is 0.0316. The Morgan fingerprint density at radius 1 is 1.13 bits per heavy atom. The average Bonchev–Trinajstić information content (AvgIpc) is 2.91. The summed E-state index contributed by atoms with van der Waals surface area (Å²) in [7, 11) is -1.56. The van der Waals surface area contributed by atoms with E-state index in [1.165, 1.54) is 0 Å². The van der Waals surface area contributed by atoms with Crippen LogP contribution in [0.1, 0.15) is 23.6 Å². The highest BCUT2D eigenvalue weighted by atomic mass is 16.5. The van der Waals surface area contributed by atoms with Crippen molar-refractivity contribution in [2.75, 3.05) is 46.0 Å². The lowest BCUT2D eigenvalue weighted by molar-refractivity contribution is -0.131. The van der Waals surface area contributed by atoms with Crippen molar-refractivity contribution in [3.63, 3.8) is 0 Å². The van der Waals surface area contributed by atoms with Gasteiger partial charge in [-0.2, -0.15) is 5.26 Å². The molecule has 2 saturated heterocycles. The summed E-state index contributed by atoms with van der Waals surface area (Å²) in [5.41, 5.74) is 1.48. The number of benzene rings is 2. The van der Waals surface area contributed by atoms with E-state index in [1.807, 2.05) is 36.4 Å². The summed E-state index contributed by atoms with van der Waals surface area (Å²) in [4.78, 5) is 29.5. The molecule has 2 amide bonds. The third-order valence-corrected chi connectivity index (χ3v) is 6.84. The lowest BCUT2D eigenvalue weighted by Gasteiger charge is -2.42. The summed E-state index contributed by atoms with van der Waals surface area (Å²) in [6.07, 6.45) is 1.58. The SMILES string of the molecule is N#CC(=Cc1cccc(OCCC(=O)N[C@@H](CB(O)O)c2ccccc2)c1)C(=O)N1CCN(C2COC2)CC1. The third kappa shape index (κ3) is 8.15. The van der Waals surface area contributed by atoms with Crippen LogP contribution in [0.4, 0.5) is 0 Å². The van der Waals surface area contributed by atoms with Crippen molar-refractivity contribution in [1.82, 2.24) is 15.1 Å². The third-order valence-electron chi connectivity index (χ3n) is 6.84.